The molecule has 4 aromatic rings. The van der Waals surface area contributed by atoms with Gasteiger partial charge in [0.1, 0.15) is 24.5 Å². The number of hydrogen-bond donors (Lipinski definition) is 0. The van der Waals surface area contributed by atoms with Gasteiger partial charge in [-0.2, -0.15) is 5.26 Å². The lowest BCUT2D eigenvalue weighted by molar-refractivity contribution is 0.0422. The molecule has 8 nitrogen and oxygen atoms in total. The molecule has 0 saturated heterocycles. The monoisotopic (exact) mass is 417 g/mol. The lowest BCUT2D eigenvalue weighted by atomic mass is 10.1. The van der Waals surface area contributed by atoms with Gasteiger partial charge >= 0.3 is 5.97 Å². The van der Waals surface area contributed by atoms with Crippen molar-refractivity contribution in [1.29, 1.82) is 5.26 Å². The molecule has 0 radical (unpaired) electrons. The van der Waals surface area contributed by atoms with Gasteiger partial charge in [0.25, 0.3) is 5.56 Å². The molecule has 4 rings (SSSR count). The molecule has 2 heterocycles. The molecule has 8 heteroatoms. The van der Waals surface area contributed by atoms with Crippen LogP contribution >= 0.6 is 0 Å². The average Bonchev–Trinajstić information content (AvgIpc) is 3.11. The van der Waals surface area contributed by atoms with Gasteiger partial charge < -0.3 is 13.9 Å². The first-order valence-corrected chi connectivity index (χ1v) is 9.72. The second-order valence-corrected chi connectivity index (χ2v) is 6.82. The molecule has 2 aromatic heterocycles. The van der Waals surface area contributed by atoms with Crippen molar-refractivity contribution in [3.05, 3.63) is 70.0 Å². The molecule has 2 aromatic carbocycles. The van der Waals surface area contributed by atoms with Crippen LogP contribution in [0.5, 0.6) is 5.75 Å². The van der Waals surface area contributed by atoms with Crippen LogP contribution in [0.1, 0.15) is 28.9 Å². The van der Waals surface area contributed by atoms with Crippen LogP contribution in [0.3, 0.4) is 0 Å². The Hall–Kier alpha value is -4.12. The van der Waals surface area contributed by atoms with E-state index in [2.05, 4.69) is 4.98 Å². The zero-order valence-electron chi connectivity index (χ0n) is 17.0. The average molecular weight is 417 g/mol. The minimum atomic E-state index is -0.683. The first-order valence-electron chi connectivity index (χ1n) is 9.72. The van der Waals surface area contributed by atoms with E-state index in [4.69, 9.17) is 19.2 Å². The van der Waals surface area contributed by atoms with Gasteiger partial charge in [0.2, 0.25) is 5.76 Å². The normalized spacial score (nSPS) is 10.9. The smallest absolute Gasteiger partial charge is 0.375 e. The maximum atomic E-state index is 12.7. The molecule has 0 atom stereocenters. The maximum absolute atomic E-state index is 12.7. The Morgan fingerprint density at radius 3 is 2.81 bits per heavy atom. The number of benzene rings is 2. The minimum absolute atomic E-state index is 0.0682. The van der Waals surface area contributed by atoms with Crippen molar-refractivity contribution in [3.8, 4) is 11.8 Å². The Morgan fingerprint density at radius 1 is 1.23 bits per heavy atom. The van der Waals surface area contributed by atoms with Gasteiger partial charge in [-0.3, -0.25) is 9.36 Å². The van der Waals surface area contributed by atoms with Gasteiger partial charge in [0.15, 0.2) is 5.82 Å². The van der Waals surface area contributed by atoms with Crippen molar-refractivity contribution in [2.24, 2.45) is 0 Å². The predicted molar refractivity (Wildman–Crippen MR) is 113 cm³/mol. The van der Waals surface area contributed by atoms with E-state index in [1.807, 2.05) is 19.1 Å². The molecule has 0 N–H and O–H groups in total. The fourth-order valence-corrected chi connectivity index (χ4v) is 3.40. The van der Waals surface area contributed by atoms with E-state index >= 15 is 0 Å². The number of fused-ring (bicyclic) bond motifs is 2. The van der Waals surface area contributed by atoms with E-state index in [0.717, 1.165) is 5.39 Å². The standard InChI is InChI=1S/C23H19N3O5/c1-3-29-15-8-9-19-17(12-15)14(2)21(31-19)23(28)30-13-20-25-18-7-5-4-6-16(18)22(27)26(20)11-10-24/h4-9,12H,3,11,13H2,1-2H3. The summed E-state index contributed by atoms with van der Waals surface area (Å²) in [6.07, 6.45) is 0. The number of rotatable bonds is 6. The third-order valence-corrected chi connectivity index (χ3v) is 4.91. The number of esters is 1. The zero-order valence-corrected chi connectivity index (χ0v) is 17.0. The van der Waals surface area contributed by atoms with Crippen molar-refractivity contribution < 1.29 is 18.7 Å². The van der Waals surface area contributed by atoms with Crippen molar-refractivity contribution in [3.63, 3.8) is 0 Å². The summed E-state index contributed by atoms with van der Waals surface area (Å²) in [5.74, 6) is 0.252. The second-order valence-electron chi connectivity index (χ2n) is 6.82. The quantitative estimate of drug-likeness (QED) is 0.440. The maximum Gasteiger partial charge on any atom is 0.375 e. The molecule has 31 heavy (non-hydrogen) atoms. The van der Waals surface area contributed by atoms with E-state index in [1.165, 1.54) is 4.57 Å². The van der Waals surface area contributed by atoms with E-state index in [9.17, 15) is 9.59 Å². The summed E-state index contributed by atoms with van der Waals surface area (Å²) in [5.41, 5.74) is 1.28. The molecule has 0 fully saturated rings. The highest BCUT2D eigenvalue weighted by atomic mass is 16.5. The summed E-state index contributed by atoms with van der Waals surface area (Å²) >= 11 is 0. The highest BCUT2D eigenvalue weighted by molar-refractivity contribution is 5.96. The van der Waals surface area contributed by atoms with Gasteiger partial charge in [0.05, 0.1) is 23.6 Å². The van der Waals surface area contributed by atoms with E-state index in [1.54, 1.807) is 43.3 Å². The van der Waals surface area contributed by atoms with Gasteiger partial charge in [-0.05, 0) is 44.2 Å². The van der Waals surface area contributed by atoms with Crippen molar-refractivity contribution in [1.82, 2.24) is 9.55 Å². The Kier molecular flexibility index (Phi) is 5.41. The van der Waals surface area contributed by atoms with Crippen LogP contribution in [-0.2, 0) is 17.9 Å². The van der Waals surface area contributed by atoms with Crippen molar-refractivity contribution >= 4 is 27.8 Å². The molecule has 0 aliphatic carbocycles. The zero-order chi connectivity index (χ0) is 22.0. The largest absolute Gasteiger partial charge is 0.494 e. The molecule has 0 unspecified atom stereocenters. The molecular formula is C23H19N3O5. The Morgan fingerprint density at radius 2 is 2.03 bits per heavy atom. The number of aromatic nitrogens is 2. The Balaban J connectivity index is 1.64. The fourth-order valence-electron chi connectivity index (χ4n) is 3.40. The number of carbonyl (C=O) groups excluding carboxylic acids is 1. The molecule has 0 amide bonds. The molecular weight excluding hydrogens is 398 g/mol. The highest BCUT2D eigenvalue weighted by Crippen LogP contribution is 2.29. The van der Waals surface area contributed by atoms with Crippen LogP contribution < -0.4 is 10.3 Å². The second kappa shape index (κ2) is 8.32. The van der Waals surface area contributed by atoms with Gasteiger partial charge in [-0.15, -0.1) is 0 Å². The number of para-hydroxylation sites is 1. The first-order chi connectivity index (χ1) is 15.0. The van der Waals surface area contributed by atoms with E-state index in [-0.39, 0.29) is 30.3 Å². The lowest BCUT2D eigenvalue weighted by Crippen LogP contribution is -2.26. The number of carbonyl (C=O) groups is 1. The van der Waals surface area contributed by atoms with Crippen LogP contribution in [-0.4, -0.2) is 22.1 Å². The molecule has 0 aliphatic rings. The van der Waals surface area contributed by atoms with E-state index < -0.39 is 5.97 Å². The van der Waals surface area contributed by atoms with Crippen LogP contribution in [0, 0.1) is 18.3 Å². The summed E-state index contributed by atoms with van der Waals surface area (Å²) in [6.45, 7) is 3.70. The Bertz CT molecular complexity index is 1390. The SMILES string of the molecule is CCOc1ccc2oc(C(=O)OCc3nc4ccccc4c(=O)n3CC#N)c(C)c2c1. The topological polar surface area (TPSA) is 107 Å². The first kappa shape index (κ1) is 20.2. The Labute approximate surface area is 177 Å². The number of nitrogens with zero attached hydrogens (tertiary/aromatic N) is 3. The number of ether oxygens (including phenoxy) is 2. The molecule has 0 aliphatic heterocycles. The van der Waals surface area contributed by atoms with Crippen LogP contribution in [0.2, 0.25) is 0 Å². The summed E-state index contributed by atoms with van der Waals surface area (Å²) in [5, 5.41) is 10.3. The minimum Gasteiger partial charge on any atom is -0.494 e. The number of furan rings is 1. The third kappa shape index (κ3) is 3.73. The summed E-state index contributed by atoms with van der Waals surface area (Å²) in [4.78, 5) is 29.8. The third-order valence-electron chi connectivity index (χ3n) is 4.91. The summed E-state index contributed by atoms with van der Waals surface area (Å²) < 4.78 is 17.8. The molecule has 156 valence electrons. The fraction of sp³-hybridized carbons (Fsp3) is 0.217. The predicted octanol–water partition coefficient (Wildman–Crippen LogP) is 3.73. The van der Waals surface area contributed by atoms with Gasteiger partial charge in [-0.1, -0.05) is 12.1 Å². The number of nitriles is 1. The summed E-state index contributed by atoms with van der Waals surface area (Å²) in [7, 11) is 0. The molecule has 0 spiro atoms. The number of aryl methyl sites for hydroxylation is 1. The van der Waals surface area contributed by atoms with Crippen LogP contribution in [0.15, 0.2) is 51.7 Å². The molecule has 0 saturated carbocycles. The van der Waals surface area contributed by atoms with Gasteiger partial charge in [0, 0.05) is 10.9 Å². The van der Waals surface area contributed by atoms with E-state index in [0.29, 0.717) is 34.4 Å². The van der Waals surface area contributed by atoms with Crippen molar-refractivity contribution in [2.75, 3.05) is 6.61 Å². The lowest BCUT2D eigenvalue weighted by Gasteiger charge is -2.11. The summed E-state index contributed by atoms with van der Waals surface area (Å²) in [6, 6.07) is 14.1. The molecule has 0 bridgehead atoms. The van der Waals surface area contributed by atoms with Crippen LogP contribution in [0.4, 0.5) is 0 Å². The van der Waals surface area contributed by atoms with Crippen molar-refractivity contribution in [2.45, 2.75) is 27.0 Å². The van der Waals surface area contributed by atoms with Crippen LogP contribution in [0.25, 0.3) is 21.9 Å². The highest BCUT2D eigenvalue weighted by Gasteiger charge is 2.21. The van der Waals surface area contributed by atoms with Gasteiger partial charge in [-0.25, -0.2) is 9.78 Å². The number of hydrogen-bond acceptors (Lipinski definition) is 7.